The summed E-state index contributed by atoms with van der Waals surface area (Å²) in [5, 5.41) is 17.9. The van der Waals surface area contributed by atoms with E-state index in [1.165, 1.54) is 11.8 Å². The van der Waals surface area contributed by atoms with Crippen LogP contribution in [-0.2, 0) is 4.79 Å². The molecule has 16 heavy (non-hydrogen) atoms. The van der Waals surface area contributed by atoms with Crippen molar-refractivity contribution in [3.8, 4) is 11.5 Å². The summed E-state index contributed by atoms with van der Waals surface area (Å²) in [6.45, 7) is 2.32. The molecule has 0 fully saturated rings. The second-order valence-electron chi connectivity index (χ2n) is 3.05. The number of thioether (sulfide) groups is 1. The van der Waals surface area contributed by atoms with Gasteiger partial charge in [-0.2, -0.15) is 0 Å². The zero-order chi connectivity index (χ0) is 12.0. The third kappa shape index (κ3) is 4.02. The smallest absolute Gasteiger partial charge is 0.304 e. The van der Waals surface area contributed by atoms with Gasteiger partial charge in [0.25, 0.3) is 0 Å². The van der Waals surface area contributed by atoms with E-state index in [2.05, 4.69) is 0 Å². The molecule has 0 aromatic heterocycles. The minimum atomic E-state index is -0.809. The molecule has 0 bridgehead atoms. The van der Waals surface area contributed by atoms with Crippen LogP contribution >= 0.6 is 11.8 Å². The highest BCUT2D eigenvalue weighted by Crippen LogP contribution is 2.31. The van der Waals surface area contributed by atoms with Gasteiger partial charge in [-0.1, -0.05) is 0 Å². The zero-order valence-electron chi connectivity index (χ0n) is 8.97. The lowest BCUT2D eigenvalue weighted by molar-refractivity contribution is -0.136. The van der Waals surface area contributed by atoms with Crippen LogP contribution < -0.4 is 4.74 Å². The molecular weight excluding hydrogens is 228 g/mol. The number of aromatic hydroxyl groups is 1. The first-order valence-electron chi connectivity index (χ1n) is 4.94. The third-order valence-electron chi connectivity index (χ3n) is 1.82. The lowest BCUT2D eigenvalue weighted by atomic mass is 10.3. The number of carboxylic acids is 1. The highest BCUT2D eigenvalue weighted by atomic mass is 32.2. The van der Waals surface area contributed by atoms with Crippen LogP contribution in [0.4, 0.5) is 0 Å². The molecule has 2 N–H and O–H groups in total. The quantitative estimate of drug-likeness (QED) is 0.749. The van der Waals surface area contributed by atoms with Gasteiger partial charge < -0.3 is 14.9 Å². The van der Waals surface area contributed by atoms with E-state index in [1.54, 1.807) is 18.2 Å². The first kappa shape index (κ1) is 12.7. The number of benzene rings is 1. The highest BCUT2D eigenvalue weighted by molar-refractivity contribution is 7.99. The van der Waals surface area contributed by atoms with Crippen LogP contribution in [0.25, 0.3) is 0 Å². The number of hydrogen-bond acceptors (Lipinski definition) is 4. The summed E-state index contributed by atoms with van der Waals surface area (Å²) in [5.74, 6) is 0.231. The average molecular weight is 242 g/mol. The molecule has 88 valence electrons. The number of phenols is 1. The van der Waals surface area contributed by atoms with E-state index in [1.807, 2.05) is 6.92 Å². The van der Waals surface area contributed by atoms with Crippen molar-refractivity contribution in [3.05, 3.63) is 18.2 Å². The normalized spacial score (nSPS) is 10.1. The minimum absolute atomic E-state index is 0.101. The van der Waals surface area contributed by atoms with E-state index >= 15 is 0 Å². The molecule has 4 nitrogen and oxygen atoms in total. The van der Waals surface area contributed by atoms with E-state index in [0.717, 1.165) is 4.90 Å². The molecule has 0 aliphatic rings. The predicted octanol–water partition coefficient (Wildman–Crippen LogP) is 2.36. The Bertz CT molecular complexity index is 365. The average Bonchev–Trinajstić information content (AvgIpc) is 2.22. The molecule has 1 rings (SSSR count). The van der Waals surface area contributed by atoms with Crippen LogP contribution in [0.1, 0.15) is 13.3 Å². The Morgan fingerprint density at radius 2 is 2.25 bits per heavy atom. The van der Waals surface area contributed by atoms with Gasteiger partial charge in [0.2, 0.25) is 0 Å². The molecule has 0 amide bonds. The van der Waals surface area contributed by atoms with E-state index in [4.69, 9.17) is 9.84 Å². The molecule has 0 saturated carbocycles. The van der Waals surface area contributed by atoms with Crippen LogP contribution in [-0.4, -0.2) is 28.5 Å². The molecule has 0 spiro atoms. The number of carbonyl (C=O) groups is 1. The maximum absolute atomic E-state index is 10.3. The van der Waals surface area contributed by atoms with Gasteiger partial charge in [0.1, 0.15) is 0 Å². The first-order valence-corrected chi connectivity index (χ1v) is 5.92. The molecular formula is C11H14O4S. The minimum Gasteiger partial charge on any atom is -0.504 e. The van der Waals surface area contributed by atoms with E-state index in [9.17, 15) is 9.90 Å². The summed E-state index contributed by atoms with van der Waals surface area (Å²) in [7, 11) is 0. The van der Waals surface area contributed by atoms with E-state index < -0.39 is 5.97 Å². The second kappa shape index (κ2) is 6.27. The van der Waals surface area contributed by atoms with Crippen LogP contribution in [0.15, 0.2) is 23.1 Å². The van der Waals surface area contributed by atoms with Gasteiger partial charge >= 0.3 is 5.97 Å². The monoisotopic (exact) mass is 242 g/mol. The van der Waals surface area contributed by atoms with Crippen molar-refractivity contribution in [3.63, 3.8) is 0 Å². The summed E-state index contributed by atoms with van der Waals surface area (Å²) in [6, 6.07) is 5.00. The zero-order valence-corrected chi connectivity index (χ0v) is 9.79. The Morgan fingerprint density at radius 1 is 1.50 bits per heavy atom. The van der Waals surface area contributed by atoms with Gasteiger partial charge in [-0.15, -0.1) is 11.8 Å². The molecule has 0 saturated heterocycles. The van der Waals surface area contributed by atoms with Gasteiger partial charge in [-0.25, -0.2) is 0 Å². The van der Waals surface area contributed by atoms with Gasteiger partial charge in [0.15, 0.2) is 11.5 Å². The Kier molecular flexibility index (Phi) is 4.98. The van der Waals surface area contributed by atoms with Crippen LogP contribution in [0.5, 0.6) is 11.5 Å². The Hall–Kier alpha value is -1.36. The van der Waals surface area contributed by atoms with Crippen LogP contribution in [0, 0.1) is 0 Å². The molecule has 0 aliphatic heterocycles. The van der Waals surface area contributed by atoms with Gasteiger partial charge in [-0.05, 0) is 25.1 Å². The molecule has 0 atom stereocenters. The first-order chi connectivity index (χ1) is 7.63. The molecule has 0 heterocycles. The van der Waals surface area contributed by atoms with Crippen molar-refractivity contribution >= 4 is 17.7 Å². The van der Waals surface area contributed by atoms with Crippen molar-refractivity contribution in [1.29, 1.82) is 0 Å². The largest absolute Gasteiger partial charge is 0.504 e. The Balaban J connectivity index is 2.60. The molecule has 1 aromatic carbocycles. The molecule has 0 aliphatic carbocycles. The van der Waals surface area contributed by atoms with E-state index in [0.29, 0.717) is 18.1 Å². The number of carboxylic acid groups (broad SMARTS) is 1. The number of rotatable bonds is 6. The number of ether oxygens (including phenoxy) is 1. The van der Waals surface area contributed by atoms with Crippen LogP contribution in [0.2, 0.25) is 0 Å². The van der Waals surface area contributed by atoms with Crippen molar-refractivity contribution in [2.45, 2.75) is 18.2 Å². The fourth-order valence-corrected chi connectivity index (χ4v) is 1.98. The van der Waals surface area contributed by atoms with Gasteiger partial charge in [-0.3, -0.25) is 4.79 Å². The summed E-state index contributed by atoms with van der Waals surface area (Å²) in [6.07, 6.45) is 0.121. The number of hydrogen-bond donors (Lipinski definition) is 2. The Labute approximate surface area is 98.2 Å². The van der Waals surface area contributed by atoms with Crippen molar-refractivity contribution in [2.75, 3.05) is 12.4 Å². The SMILES string of the molecule is CCOc1cc(SCCC(=O)O)ccc1O. The van der Waals surface area contributed by atoms with Crippen molar-refractivity contribution < 1.29 is 19.7 Å². The topological polar surface area (TPSA) is 66.8 Å². The predicted molar refractivity (Wildman–Crippen MR) is 62.3 cm³/mol. The lowest BCUT2D eigenvalue weighted by Crippen LogP contribution is -1.96. The summed E-state index contributed by atoms with van der Waals surface area (Å²) in [4.78, 5) is 11.2. The second-order valence-corrected chi connectivity index (χ2v) is 4.22. The van der Waals surface area contributed by atoms with E-state index in [-0.39, 0.29) is 12.2 Å². The summed E-state index contributed by atoms with van der Waals surface area (Å²) in [5.41, 5.74) is 0. The summed E-state index contributed by atoms with van der Waals surface area (Å²) < 4.78 is 5.23. The maximum atomic E-state index is 10.3. The van der Waals surface area contributed by atoms with Gasteiger partial charge in [0.05, 0.1) is 13.0 Å². The fourth-order valence-electron chi connectivity index (χ4n) is 1.11. The van der Waals surface area contributed by atoms with Crippen LogP contribution in [0.3, 0.4) is 0 Å². The fraction of sp³-hybridized carbons (Fsp3) is 0.364. The standard InChI is InChI=1S/C11H14O4S/c1-2-15-10-7-8(3-4-9(10)12)16-6-5-11(13)14/h3-4,7,12H,2,5-6H2,1H3,(H,13,14). The summed E-state index contributed by atoms with van der Waals surface area (Å²) >= 11 is 1.43. The van der Waals surface area contributed by atoms with Gasteiger partial charge in [0, 0.05) is 10.6 Å². The molecule has 0 unspecified atom stereocenters. The molecule has 0 radical (unpaired) electrons. The number of phenolic OH excluding ortho intramolecular Hbond substituents is 1. The molecule has 1 aromatic rings. The van der Waals surface area contributed by atoms with Crippen molar-refractivity contribution in [1.82, 2.24) is 0 Å². The maximum Gasteiger partial charge on any atom is 0.304 e. The Morgan fingerprint density at radius 3 is 2.88 bits per heavy atom. The lowest BCUT2D eigenvalue weighted by Gasteiger charge is -2.07. The number of aliphatic carboxylic acids is 1. The van der Waals surface area contributed by atoms with Crippen molar-refractivity contribution in [2.24, 2.45) is 0 Å². The highest BCUT2D eigenvalue weighted by Gasteiger charge is 2.04. The third-order valence-corrected chi connectivity index (χ3v) is 2.81. The molecule has 5 heteroatoms.